The van der Waals surface area contributed by atoms with Crippen molar-refractivity contribution in [3.63, 3.8) is 0 Å². The summed E-state index contributed by atoms with van der Waals surface area (Å²) >= 11 is 3.62. The van der Waals surface area contributed by atoms with Gasteiger partial charge in [-0.05, 0) is 48.0 Å². The van der Waals surface area contributed by atoms with Gasteiger partial charge in [0.15, 0.2) is 0 Å². The van der Waals surface area contributed by atoms with Gasteiger partial charge in [-0.2, -0.15) is 0 Å². The third kappa shape index (κ3) is 2.93. The van der Waals surface area contributed by atoms with Crippen molar-refractivity contribution in [2.75, 3.05) is 25.1 Å². The van der Waals surface area contributed by atoms with Gasteiger partial charge in [0.25, 0.3) is 0 Å². The first-order valence-electron chi connectivity index (χ1n) is 5.94. The van der Waals surface area contributed by atoms with Gasteiger partial charge in [0.1, 0.15) is 5.75 Å². The Bertz CT molecular complexity index is 387. The lowest BCUT2D eigenvalue weighted by Crippen LogP contribution is -2.54. The molecular weight excluding hydrogens is 280 g/mol. The van der Waals surface area contributed by atoms with Crippen LogP contribution in [0.1, 0.15) is 13.8 Å². The van der Waals surface area contributed by atoms with E-state index in [1.807, 2.05) is 12.1 Å². The fourth-order valence-corrected chi connectivity index (χ4v) is 3.00. The van der Waals surface area contributed by atoms with Crippen LogP contribution in [0.2, 0.25) is 0 Å². The SMILES string of the molecule is COc1ccc(N2CC(C)NC(C)C2)c(Br)c1. The van der Waals surface area contributed by atoms with E-state index in [2.05, 4.69) is 46.1 Å². The van der Waals surface area contributed by atoms with Crippen LogP contribution in [-0.2, 0) is 0 Å². The maximum Gasteiger partial charge on any atom is 0.120 e. The van der Waals surface area contributed by atoms with Gasteiger partial charge in [0.2, 0.25) is 0 Å². The van der Waals surface area contributed by atoms with Crippen LogP contribution >= 0.6 is 15.9 Å². The van der Waals surface area contributed by atoms with E-state index < -0.39 is 0 Å². The molecule has 4 heteroatoms. The molecule has 2 atom stereocenters. The quantitative estimate of drug-likeness (QED) is 0.908. The lowest BCUT2D eigenvalue weighted by Gasteiger charge is -2.38. The number of halogens is 1. The molecule has 3 nitrogen and oxygen atoms in total. The van der Waals surface area contributed by atoms with Gasteiger partial charge in [-0.1, -0.05) is 0 Å². The summed E-state index contributed by atoms with van der Waals surface area (Å²) in [4.78, 5) is 2.41. The van der Waals surface area contributed by atoms with E-state index in [1.165, 1.54) is 5.69 Å². The molecule has 94 valence electrons. The van der Waals surface area contributed by atoms with Crippen molar-refractivity contribution < 1.29 is 4.74 Å². The number of benzene rings is 1. The zero-order chi connectivity index (χ0) is 12.4. The Morgan fingerprint density at radius 3 is 2.47 bits per heavy atom. The average Bonchev–Trinajstić information content (AvgIpc) is 2.27. The maximum atomic E-state index is 5.22. The van der Waals surface area contributed by atoms with Crippen LogP contribution in [0.5, 0.6) is 5.75 Å². The standard InChI is InChI=1S/C13H19BrN2O/c1-9-7-16(8-10(2)15-9)13-5-4-11(17-3)6-12(13)14/h4-6,9-10,15H,7-8H2,1-3H3. The van der Waals surface area contributed by atoms with Crippen LogP contribution < -0.4 is 15.0 Å². The molecule has 0 amide bonds. The Hall–Kier alpha value is -0.740. The molecule has 17 heavy (non-hydrogen) atoms. The summed E-state index contributed by atoms with van der Waals surface area (Å²) in [6.07, 6.45) is 0. The number of hydrogen-bond donors (Lipinski definition) is 1. The second-order valence-corrected chi connectivity index (χ2v) is 5.55. The molecule has 1 saturated heterocycles. The van der Waals surface area contributed by atoms with E-state index >= 15 is 0 Å². The van der Waals surface area contributed by atoms with Gasteiger partial charge in [-0.15, -0.1) is 0 Å². The molecule has 0 spiro atoms. The predicted octanol–water partition coefficient (Wildman–Crippen LogP) is 2.64. The van der Waals surface area contributed by atoms with Gasteiger partial charge in [-0.25, -0.2) is 0 Å². The summed E-state index contributed by atoms with van der Waals surface area (Å²) in [5.74, 6) is 0.886. The van der Waals surface area contributed by atoms with E-state index in [4.69, 9.17) is 4.74 Å². The summed E-state index contributed by atoms with van der Waals surface area (Å²) in [5, 5.41) is 3.54. The van der Waals surface area contributed by atoms with Crippen LogP contribution in [0, 0.1) is 0 Å². The number of hydrogen-bond acceptors (Lipinski definition) is 3. The van der Waals surface area contributed by atoms with Crippen LogP contribution in [0.25, 0.3) is 0 Å². The third-order valence-electron chi connectivity index (χ3n) is 3.05. The normalized spacial score (nSPS) is 24.8. The van der Waals surface area contributed by atoms with Gasteiger partial charge >= 0.3 is 0 Å². The van der Waals surface area contributed by atoms with Crippen molar-refractivity contribution in [3.05, 3.63) is 22.7 Å². The van der Waals surface area contributed by atoms with Crippen LogP contribution in [0.3, 0.4) is 0 Å². The molecule has 0 bridgehead atoms. The van der Waals surface area contributed by atoms with E-state index in [0.717, 1.165) is 23.3 Å². The third-order valence-corrected chi connectivity index (χ3v) is 3.69. The number of nitrogens with zero attached hydrogens (tertiary/aromatic N) is 1. The minimum Gasteiger partial charge on any atom is -0.497 e. The summed E-state index contributed by atoms with van der Waals surface area (Å²) in [6.45, 7) is 6.52. The Morgan fingerprint density at radius 2 is 1.94 bits per heavy atom. The highest BCUT2D eigenvalue weighted by Crippen LogP contribution is 2.31. The molecule has 1 heterocycles. The van der Waals surface area contributed by atoms with Gasteiger partial charge in [-0.3, -0.25) is 0 Å². The van der Waals surface area contributed by atoms with E-state index in [9.17, 15) is 0 Å². The van der Waals surface area contributed by atoms with E-state index in [0.29, 0.717) is 12.1 Å². The number of piperazine rings is 1. The minimum atomic E-state index is 0.521. The van der Waals surface area contributed by atoms with Crippen molar-refractivity contribution in [2.24, 2.45) is 0 Å². The Morgan fingerprint density at radius 1 is 1.29 bits per heavy atom. The van der Waals surface area contributed by atoms with Gasteiger partial charge in [0.05, 0.1) is 12.8 Å². The average molecular weight is 299 g/mol. The lowest BCUT2D eigenvalue weighted by molar-refractivity contribution is 0.405. The van der Waals surface area contributed by atoms with Crippen molar-refractivity contribution in [3.8, 4) is 5.75 Å². The predicted molar refractivity (Wildman–Crippen MR) is 75.0 cm³/mol. The first kappa shape index (κ1) is 12.7. The topological polar surface area (TPSA) is 24.5 Å². The second-order valence-electron chi connectivity index (χ2n) is 4.69. The molecule has 1 aliphatic rings. The molecule has 1 fully saturated rings. The minimum absolute atomic E-state index is 0.521. The van der Waals surface area contributed by atoms with Crippen molar-refractivity contribution in [2.45, 2.75) is 25.9 Å². The van der Waals surface area contributed by atoms with Crippen LogP contribution in [0.15, 0.2) is 22.7 Å². The molecule has 0 saturated carbocycles. The molecule has 1 N–H and O–H groups in total. The highest BCUT2D eigenvalue weighted by molar-refractivity contribution is 9.10. The monoisotopic (exact) mass is 298 g/mol. The Labute approximate surface area is 111 Å². The molecule has 2 unspecified atom stereocenters. The van der Waals surface area contributed by atoms with Crippen molar-refractivity contribution >= 4 is 21.6 Å². The molecule has 0 radical (unpaired) electrons. The molecular formula is C13H19BrN2O. The fraction of sp³-hybridized carbons (Fsp3) is 0.538. The van der Waals surface area contributed by atoms with Crippen LogP contribution in [-0.4, -0.2) is 32.3 Å². The number of ether oxygens (including phenoxy) is 1. The Balaban J connectivity index is 2.21. The fourth-order valence-electron chi connectivity index (χ4n) is 2.39. The molecule has 2 rings (SSSR count). The molecule has 0 aromatic heterocycles. The van der Waals surface area contributed by atoms with Crippen molar-refractivity contribution in [1.29, 1.82) is 0 Å². The zero-order valence-corrected chi connectivity index (χ0v) is 12.1. The van der Waals surface area contributed by atoms with E-state index in [1.54, 1.807) is 7.11 Å². The lowest BCUT2D eigenvalue weighted by atomic mass is 10.1. The smallest absolute Gasteiger partial charge is 0.120 e. The zero-order valence-electron chi connectivity index (χ0n) is 10.5. The summed E-state index contributed by atoms with van der Waals surface area (Å²) in [6, 6.07) is 7.19. The maximum absolute atomic E-state index is 5.22. The molecule has 1 aliphatic heterocycles. The summed E-state index contributed by atoms with van der Waals surface area (Å²) in [7, 11) is 1.69. The summed E-state index contributed by atoms with van der Waals surface area (Å²) < 4.78 is 6.31. The number of anilines is 1. The summed E-state index contributed by atoms with van der Waals surface area (Å²) in [5.41, 5.74) is 1.24. The Kier molecular flexibility index (Phi) is 3.94. The molecule has 1 aromatic carbocycles. The molecule has 0 aliphatic carbocycles. The van der Waals surface area contributed by atoms with Gasteiger partial charge < -0.3 is 15.0 Å². The van der Waals surface area contributed by atoms with Crippen LogP contribution in [0.4, 0.5) is 5.69 Å². The highest BCUT2D eigenvalue weighted by atomic mass is 79.9. The number of nitrogens with one attached hydrogen (secondary N) is 1. The van der Waals surface area contributed by atoms with Gasteiger partial charge in [0, 0.05) is 29.6 Å². The van der Waals surface area contributed by atoms with Crippen molar-refractivity contribution in [1.82, 2.24) is 5.32 Å². The first-order valence-corrected chi connectivity index (χ1v) is 6.74. The van der Waals surface area contributed by atoms with E-state index in [-0.39, 0.29) is 0 Å². The molecule has 1 aromatic rings. The second kappa shape index (κ2) is 5.27. The largest absolute Gasteiger partial charge is 0.497 e. The number of rotatable bonds is 2. The first-order chi connectivity index (χ1) is 8.10. The number of methoxy groups -OCH3 is 1. The highest BCUT2D eigenvalue weighted by Gasteiger charge is 2.22.